The summed E-state index contributed by atoms with van der Waals surface area (Å²) in [6.45, 7) is 7.17. The van der Waals surface area contributed by atoms with Crippen molar-refractivity contribution in [2.75, 3.05) is 0 Å². The Morgan fingerprint density at radius 1 is 1.09 bits per heavy atom. The van der Waals surface area contributed by atoms with Gasteiger partial charge in [-0.25, -0.2) is 0 Å². The highest BCUT2D eigenvalue weighted by molar-refractivity contribution is 5.59. The molecule has 0 saturated heterocycles. The van der Waals surface area contributed by atoms with Gasteiger partial charge < -0.3 is 5.11 Å². The van der Waals surface area contributed by atoms with Crippen LogP contribution >= 0.6 is 0 Å². The molecule has 0 aromatic carbocycles. The molecule has 0 aliphatic heterocycles. The first-order valence-corrected chi connectivity index (χ1v) is 6.89. The van der Waals surface area contributed by atoms with Gasteiger partial charge >= 0.3 is 6.18 Å². The molecule has 1 N–H and O–H groups in total. The second kappa shape index (κ2) is 6.48. The SMILES string of the molecule is CC.Cn1nc(C(F)(F)F)cc1-c1ccc(C(C)(C)O)nc1. The highest BCUT2D eigenvalue weighted by Gasteiger charge is 2.34. The van der Waals surface area contributed by atoms with E-state index < -0.39 is 17.5 Å². The highest BCUT2D eigenvalue weighted by Crippen LogP contribution is 2.31. The number of aryl methyl sites for hydroxylation is 1. The second-order valence-corrected chi connectivity index (χ2v) is 5.03. The topological polar surface area (TPSA) is 50.9 Å². The zero-order valence-electron chi connectivity index (χ0n) is 13.2. The number of pyridine rings is 1. The van der Waals surface area contributed by atoms with Crippen LogP contribution in [0.4, 0.5) is 13.2 Å². The molecule has 0 bridgehead atoms. The first-order valence-electron chi connectivity index (χ1n) is 6.89. The number of halogens is 3. The molecule has 0 aliphatic carbocycles. The Labute approximate surface area is 127 Å². The van der Waals surface area contributed by atoms with Crippen molar-refractivity contribution < 1.29 is 18.3 Å². The third-order valence-electron chi connectivity index (χ3n) is 2.86. The number of hydrogen-bond donors (Lipinski definition) is 1. The van der Waals surface area contributed by atoms with Crippen LogP contribution in [0.3, 0.4) is 0 Å². The van der Waals surface area contributed by atoms with Gasteiger partial charge in [-0.05, 0) is 32.0 Å². The Balaban J connectivity index is 0.00000116. The third-order valence-corrected chi connectivity index (χ3v) is 2.86. The van der Waals surface area contributed by atoms with E-state index in [0.717, 1.165) is 10.7 Å². The summed E-state index contributed by atoms with van der Waals surface area (Å²) in [6.07, 6.45) is -3.05. The Hall–Kier alpha value is -1.89. The Kier molecular flexibility index (Phi) is 5.35. The van der Waals surface area contributed by atoms with E-state index in [1.54, 1.807) is 26.0 Å². The van der Waals surface area contributed by atoms with Crippen LogP contribution in [0.15, 0.2) is 24.4 Å². The quantitative estimate of drug-likeness (QED) is 0.918. The molecule has 22 heavy (non-hydrogen) atoms. The van der Waals surface area contributed by atoms with E-state index in [1.807, 2.05) is 13.8 Å². The Bertz CT molecular complexity index is 610. The van der Waals surface area contributed by atoms with Crippen LogP contribution in [0.25, 0.3) is 11.3 Å². The lowest BCUT2D eigenvalue weighted by molar-refractivity contribution is -0.141. The molecule has 0 amide bonds. The van der Waals surface area contributed by atoms with Gasteiger partial charge in [-0.15, -0.1) is 0 Å². The van der Waals surface area contributed by atoms with Crippen molar-refractivity contribution in [3.63, 3.8) is 0 Å². The summed E-state index contributed by atoms with van der Waals surface area (Å²) in [5.41, 5.74) is -0.779. The highest BCUT2D eigenvalue weighted by atomic mass is 19.4. The molecule has 0 spiro atoms. The molecule has 7 heteroatoms. The van der Waals surface area contributed by atoms with Crippen LogP contribution in [0.1, 0.15) is 39.1 Å². The van der Waals surface area contributed by atoms with Gasteiger partial charge in [0.1, 0.15) is 5.60 Å². The number of rotatable bonds is 2. The van der Waals surface area contributed by atoms with Gasteiger partial charge in [0.2, 0.25) is 0 Å². The van der Waals surface area contributed by atoms with E-state index >= 15 is 0 Å². The molecule has 0 fully saturated rings. The molecule has 4 nitrogen and oxygen atoms in total. The fourth-order valence-corrected chi connectivity index (χ4v) is 1.78. The van der Waals surface area contributed by atoms with Crippen molar-refractivity contribution in [3.8, 4) is 11.3 Å². The van der Waals surface area contributed by atoms with Crippen molar-refractivity contribution >= 4 is 0 Å². The first kappa shape index (κ1) is 18.2. The number of alkyl halides is 3. The second-order valence-electron chi connectivity index (χ2n) is 5.03. The minimum atomic E-state index is -4.48. The summed E-state index contributed by atoms with van der Waals surface area (Å²) in [6, 6.07) is 4.16. The fraction of sp³-hybridized carbons (Fsp3) is 0.467. The summed E-state index contributed by atoms with van der Waals surface area (Å²) >= 11 is 0. The van der Waals surface area contributed by atoms with Gasteiger partial charge in [-0.2, -0.15) is 18.3 Å². The van der Waals surface area contributed by atoms with E-state index in [1.165, 1.54) is 13.2 Å². The average Bonchev–Trinajstić information content (AvgIpc) is 2.82. The largest absolute Gasteiger partial charge is 0.435 e. The van der Waals surface area contributed by atoms with E-state index in [-0.39, 0.29) is 0 Å². The summed E-state index contributed by atoms with van der Waals surface area (Å²) in [7, 11) is 1.44. The van der Waals surface area contributed by atoms with Crippen LogP contribution in [-0.2, 0) is 18.8 Å². The van der Waals surface area contributed by atoms with Gasteiger partial charge in [-0.3, -0.25) is 9.67 Å². The molecule has 0 aliphatic rings. The average molecular weight is 315 g/mol. The van der Waals surface area contributed by atoms with Gasteiger partial charge in [0.05, 0.1) is 11.4 Å². The van der Waals surface area contributed by atoms with Crippen molar-refractivity contribution in [1.29, 1.82) is 0 Å². The van der Waals surface area contributed by atoms with Crippen LogP contribution in [0.5, 0.6) is 0 Å². The molecule has 2 heterocycles. The molecular formula is C15H20F3N3O. The van der Waals surface area contributed by atoms with Gasteiger partial charge in [0, 0.05) is 18.8 Å². The van der Waals surface area contributed by atoms with Crippen LogP contribution in [-0.4, -0.2) is 19.9 Å². The molecule has 0 atom stereocenters. The minimum Gasteiger partial charge on any atom is -0.384 e. The lowest BCUT2D eigenvalue weighted by atomic mass is 10.0. The Morgan fingerprint density at radius 2 is 1.68 bits per heavy atom. The van der Waals surface area contributed by atoms with Crippen LogP contribution < -0.4 is 0 Å². The smallest absolute Gasteiger partial charge is 0.384 e. The molecule has 0 radical (unpaired) electrons. The van der Waals surface area contributed by atoms with Crippen LogP contribution in [0.2, 0.25) is 0 Å². The normalized spacial score (nSPS) is 11.9. The van der Waals surface area contributed by atoms with Crippen molar-refractivity contribution in [2.24, 2.45) is 7.05 Å². The lowest BCUT2D eigenvalue weighted by Gasteiger charge is -2.16. The zero-order valence-corrected chi connectivity index (χ0v) is 13.2. The number of aromatic nitrogens is 3. The van der Waals surface area contributed by atoms with Gasteiger partial charge in [0.15, 0.2) is 5.69 Å². The number of aliphatic hydroxyl groups is 1. The van der Waals surface area contributed by atoms with E-state index in [2.05, 4.69) is 10.1 Å². The Morgan fingerprint density at radius 3 is 2.05 bits per heavy atom. The van der Waals surface area contributed by atoms with Crippen molar-refractivity contribution in [3.05, 3.63) is 35.8 Å². The molecule has 0 unspecified atom stereocenters. The van der Waals surface area contributed by atoms with Crippen LogP contribution in [0, 0.1) is 0 Å². The maximum Gasteiger partial charge on any atom is 0.435 e. The zero-order chi connectivity index (χ0) is 17.1. The van der Waals surface area contributed by atoms with Crippen molar-refractivity contribution in [1.82, 2.24) is 14.8 Å². The van der Waals surface area contributed by atoms with E-state index in [0.29, 0.717) is 17.0 Å². The summed E-state index contributed by atoms with van der Waals surface area (Å²) in [4.78, 5) is 4.07. The molecule has 2 aromatic rings. The summed E-state index contributed by atoms with van der Waals surface area (Å²) in [5, 5.41) is 13.2. The molecular weight excluding hydrogens is 295 g/mol. The summed E-state index contributed by atoms with van der Waals surface area (Å²) in [5.74, 6) is 0. The maximum atomic E-state index is 12.6. The number of hydrogen-bond acceptors (Lipinski definition) is 3. The molecule has 2 rings (SSSR count). The summed E-state index contributed by atoms with van der Waals surface area (Å²) < 4.78 is 38.9. The van der Waals surface area contributed by atoms with Gasteiger partial charge in [0.25, 0.3) is 0 Å². The molecule has 0 saturated carbocycles. The lowest BCUT2D eigenvalue weighted by Crippen LogP contribution is -2.17. The maximum absolute atomic E-state index is 12.6. The third kappa shape index (κ3) is 4.07. The first-order chi connectivity index (χ1) is 10.1. The van der Waals surface area contributed by atoms with Gasteiger partial charge in [-0.1, -0.05) is 13.8 Å². The fourth-order valence-electron chi connectivity index (χ4n) is 1.78. The van der Waals surface area contributed by atoms with E-state index in [9.17, 15) is 18.3 Å². The predicted molar refractivity (Wildman–Crippen MR) is 78.0 cm³/mol. The predicted octanol–water partition coefficient (Wildman–Crippen LogP) is 3.75. The van der Waals surface area contributed by atoms with E-state index in [4.69, 9.17) is 0 Å². The number of nitrogens with zero attached hydrogens (tertiary/aromatic N) is 3. The minimum absolute atomic E-state index is 0.312. The standard InChI is InChI=1S/C13H14F3N3O.C2H6/c1-12(2,20)10-5-4-8(7-17-10)9-6-11(13(14,15)16)18-19(9)3;1-2/h4-7,20H,1-3H3;1-2H3. The van der Waals surface area contributed by atoms with Crippen molar-refractivity contribution in [2.45, 2.75) is 39.5 Å². The molecule has 2 aromatic heterocycles. The monoisotopic (exact) mass is 315 g/mol. The molecule has 122 valence electrons.